The molecule has 0 aromatic carbocycles. The molecule has 0 amide bonds. The number of hydrogen-bond donors (Lipinski definition) is 1. The molecule has 0 radical (unpaired) electrons. The fraction of sp³-hybridized carbons (Fsp3) is 0.636. The van der Waals surface area contributed by atoms with Crippen molar-refractivity contribution in [2.24, 2.45) is 0 Å². The largest absolute Gasteiger partial charge is 0.324 e. The van der Waals surface area contributed by atoms with E-state index in [1.807, 2.05) is 4.57 Å². The van der Waals surface area contributed by atoms with E-state index in [9.17, 15) is 4.79 Å². The maximum atomic E-state index is 11.0. The number of likely N-dealkylation sites (tertiary alicyclic amines) is 1. The van der Waals surface area contributed by atoms with Gasteiger partial charge in [0.05, 0.1) is 0 Å². The minimum atomic E-state index is -0.130. The monoisotopic (exact) mass is 239 g/mol. The first-order valence-corrected chi connectivity index (χ1v) is 6.11. The van der Waals surface area contributed by atoms with E-state index < -0.39 is 0 Å². The molecule has 16 heavy (non-hydrogen) atoms. The lowest BCUT2D eigenvalue weighted by Gasteiger charge is -2.24. The predicted molar refractivity (Wildman–Crippen MR) is 66.2 cm³/mol. The Balaban J connectivity index is 2.08. The molecule has 1 unspecified atom stereocenters. The summed E-state index contributed by atoms with van der Waals surface area (Å²) in [4.78, 5) is 16.1. The topological polar surface area (TPSA) is 41.0 Å². The van der Waals surface area contributed by atoms with Crippen LogP contribution < -0.4 is 5.56 Å². The van der Waals surface area contributed by atoms with Crippen LogP contribution >= 0.6 is 12.2 Å². The molecule has 1 aromatic rings. The van der Waals surface area contributed by atoms with Gasteiger partial charge in [0.1, 0.15) is 0 Å². The first kappa shape index (κ1) is 11.5. The van der Waals surface area contributed by atoms with Gasteiger partial charge in [0.15, 0.2) is 4.77 Å². The van der Waals surface area contributed by atoms with E-state index in [4.69, 9.17) is 12.2 Å². The summed E-state index contributed by atoms with van der Waals surface area (Å²) in [6, 6.07) is 1.99. The molecule has 1 aliphatic rings. The molecule has 0 bridgehead atoms. The second-order valence-corrected chi connectivity index (χ2v) is 4.74. The summed E-state index contributed by atoms with van der Waals surface area (Å²) in [6.07, 6.45) is 4.36. The SMILES string of the molecule is CC(Cn1ccc(=O)[nH]c1=S)N1CCCC1. The van der Waals surface area contributed by atoms with Gasteiger partial charge in [0.25, 0.3) is 5.56 Å². The van der Waals surface area contributed by atoms with E-state index in [-0.39, 0.29) is 5.56 Å². The molecule has 88 valence electrons. The highest BCUT2D eigenvalue weighted by molar-refractivity contribution is 7.71. The molecular formula is C11H17N3OS. The van der Waals surface area contributed by atoms with E-state index in [0.29, 0.717) is 10.8 Å². The van der Waals surface area contributed by atoms with Gasteiger partial charge in [-0.2, -0.15) is 0 Å². The normalized spacial score (nSPS) is 18.8. The lowest BCUT2D eigenvalue weighted by atomic mass is 10.3. The molecule has 1 saturated heterocycles. The average Bonchev–Trinajstić information content (AvgIpc) is 2.75. The highest BCUT2D eigenvalue weighted by Crippen LogP contribution is 2.12. The summed E-state index contributed by atoms with van der Waals surface area (Å²) >= 11 is 5.12. The Labute approximate surface area is 99.9 Å². The van der Waals surface area contributed by atoms with Crippen LogP contribution in [0.25, 0.3) is 0 Å². The molecular weight excluding hydrogens is 222 g/mol. The van der Waals surface area contributed by atoms with Gasteiger partial charge < -0.3 is 4.57 Å². The van der Waals surface area contributed by atoms with E-state index >= 15 is 0 Å². The van der Waals surface area contributed by atoms with Crippen molar-refractivity contribution >= 4 is 12.2 Å². The zero-order valence-corrected chi connectivity index (χ0v) is 10.3. The summed E-state index contributed by atoms with van der Waals surface area (Å²) in [5.41, 5.74) is -0.130. The second-order valence-electron chi connectivity index (χ2n) is 4.35. The lowest BCUT2D eigenvalue weighted by Crippen LogP contribution is -2.34. The summed E-state index contributed by atoms with van der Waals surface area (Å²) in [6.45, 7) is 5.41. The molecule has 0 spiro atoms. The van der Waals surface area contributed by atoms with Crippen LogP contribution in [0.2, 0.25) is 0 Å². The minimum absolute atomic E-state index is 0.130. The summed E-state index contributed by atoms with van der Waals surface area (Å²) in [5, 5.41) is 0. The third-order valence-electron chi connectivity index (χ3n) is 3.12. The summed E-state index contributed by atoms with van der Waals surface area (Å²) in [5.74, 6) is 0. The van der Waals surface area contributed by atoms with E-state index in [1.54, 1.807) is 6.20 Å². The molecule has 1 fully saturated rings. The molecule has 1 N–H and O–H groups in total. The van der Waals surface area contributed by atoms with Gasteiger partial charge >= 0.3 is 0 Å². The maximum absolute atomic E-state index is 11.0. The van der Waals surface area contributed by atoms with Gasteiger partial charge in [0.2, 0.25) is 0 Å². The zero-order chi connectivity index (χ0) is 11.5. The third kappa shape index (κ3) is 2.59. The molecule has 0 aliphatic carbocycles. The van der Waals surface area contributed by atoms with E-state index in [0.717, 1.165) is 6.54 Å². The van der Waals surface area contributed by atoms with Crippen molar-refractivity contribution in [3.05, 3.63) is 27.4 Å². The van der Waals surface area contributed by atoms with Crippen molar-refractivity contribution < 1.29 is 0 Å². The van der Waals surface area contributed by atoms with Crippen molar-refractivity contribution in [3.63, 3.8) is 0 Å². The van der Waals surface area contributed by atoms with Crippen molar-refractivity contribution in [3.8, 4) is 0 Å². The molecule has 0 saturated carbocycles. The maximum Gasteiger partial charge on any atom is 0.251 e. The van der Waals surface area contributed by atoms with Crippen molar-refractivity contribution in [1.29, 1.82) is 0 Å². The Bertz CT molecular complexity index is 459. The molecule has 1 atom stereocenters. The van der Waals surface area contributed by atoms with Gasteiger partial charge in [-0.3, -0.25) is 14.7 Å². The van der Waals surface area contributed by atoms with Gasteiger partial charge in [-0.25, -0.2) is 0 Å². The fourth-order valence-electron chi connectivity index (χ4n) is 2.17. The number of hydrogen-bond acceptors (Lipinski definition) is 3. The highest BCUT2D eigenvalue weighted by Gasteiger charge is 2.17. The van der Waals surface area contributed by atoms with E-state index in [2.05, 4.69) is 16.8 Å². The Morgan fingerprint density at radius 3 is 2.81 bits per heavy atom. The number of aromatic nitrogens is 2. The van der Waals surface area contributed by atoms with Gasteiger partial charge in [-0.05, 0) is 45.1 Å². The van der Waals surface area contributed by atoms with Gasteiger partial charge in [-0.15, -0.1) is 0 Å². The smallest absolute Gasteiger partial charge is 0.251 e. The molecule has 2 rings (SSSR count). The van der Waals surface area contributed by atoms with Crippen LogP contribution in [0.5, 0.6) is 0 Å². The van der Waals surface area contributed by atoms with Gasteiger partial charge in [0, 0.05) is 24.8 Å². The number of rotatable bonds is 3. The number of H-pyrrole nitrogens is 1. The molecule has 1 aliphatic heterocycles. The Morgan fingerprint density at radius 2 is 2.19 bits per heavy atom. The Morgan fingerprint density at radius 1 is 1.50 bits per heavy atom. The van der Waals surface area contributed by atoms with Crippen LogP contribution in [0.1, 0.15) is 19.8 Å². The predicted octanol–water partition coefficient (Wildman–Crippen LogP) is 1.39. The summed E-state index contributed by atoms with van der Waals surface area (Å²) < 4.78 is 2.44. The first-order valence-electron chi connectivity index (χ1n) is 5.70. The average molecular weight is 239 g/mol. The van der Waals surface area contributed by atoms with Crippen LogP contribution in [0.3, 0.4) is 0 Å². The third-order valence-corrected chi connectivity index (χ3v) is 3.46. The zero-order valence-electron chi connectivity index (χ0n) is 9.48. The van der Waals surface area contributed by atoms with Crippen LogP contribution in [0, 0.1) is 4.77 Å². The van der Waals surface area contributed by atoms with Crippen molar-refractivity contribution in [1.82, 2.24) is 14.5 Å². The molecule has 4 nitrogen and oxygen atoms in total. The van der Waals surface area contributed by atoms with Gasteiger partial charge in [-0.1, -0.05) is 0 Å². The van der Waals surface area contributed by atoms with Crippen molar-refractivity contribution in [2.45, 2.75) is 32.4 Å². The van der Waals surface area contributed by atoms with Crippen LogP contribution in [0.4, 0.5) is 0 Å². The summed E-state index contributed by atoms with van der Waals surface area (Å²) in [7, 11) is 0. The van der Waals surface area contributed by atoms with Crippen LogP contribution in [-0.4, -0.2) is 33.6 Å². The molecule has 5 heteroatoms. The molecule has 1 aromatic heterocycles. The Kier molecular flexibility index (Phi) is 3.56. The molecule has 2 heterocycles. The van der Waals surface area contributed by atoms with Crippen LogP contribution in [0.15, 0.2) is 17.1 Å². The Hall–Kier alpha value is -0.940. The fourth-order valence-corrected chi connectivity index (χ4v) is 2.41. The minimum Gasteiger partial charge on any atom is -0.324 e. The number of nitrogens with zero attached hydrogens (tertiary/aromatic N) is 2. The standard InChI is InChI=1S/C11H17N3OS/c1-9(13-5-2-3-6-13)8-14-7-4-10(15)12-11(14)16/h4,7,9H,2-3,5-6,8H2,1H3,(H,12,15,16). The number of aromatic amines is 1. The van der Waals surface area contributed by atoms with Crippen molar-refractivity contribution in [2.75, 3.05) is 13.1 Å². The lowest BCUT2D eigenvalue weighted by molar-refractivity contribution is 0.234. The highest BCUT2D eigenvalue weighted by atomic mass is 32.1. The van der Waals surface area contributed by atoms with E-state index in [1.165, 1.54) is 32.0 Å². The number of nitrogens with one attached hydrogen (secondary N) is 1. The quantitative estimate of drug-likeness (QED) is 0.810. The first-order chi connectivity index (χ1) is 7.66. The second kappa shape index (κ2) is 4.93. The van der Waals surface area contributed by atoms with Crippen LogP contribution in [-0.2, 0) is 6.54 Å².